The molecule has 1 saturated carbocycles. The molecule has 2 rings (SSSR count). The van der Waals surface area contributed by atoms with Crippen molar-refractivity contribution in [2.24, 2.45) is 5.92 Å². The normalized spacial score (nSPS) is 26.0. The lowest BCUT2D eigenvalue weighted by atomic mass is 10.2. The zero-order valence-corrected chi connectivity index (χ0v) is 9.54. The molecule has 1 saturated heterocycles. The van der Waals surface area contributed by atoms with Crippen molar-refractivity contribution in [3.63, 3.8) is 0 Å². The lowest BCUT2D eigenvalue weighted by Gasteiger charge is -2.10. The molecule has 0 amide bonds. The van der Waals surface area contributed by atoms with Crippen molar-refractivity contribution in [1.29, 1.82) is 0 Å². The molecule has 1 atom stereocenters. The van der Waals surface area contributed by atoms with E-state index in [4.69, 9.17) is 9.47 Å². The van der Waals surface area contributed by atoms with Crippen molar-refractivity contribution in [2.45, 2.75) is 38.2 Å². The van der Waals surface area contributed by atoms with Crippen LogP contribution in [0.5, 0.6) is 0 Å². The maximum absolute atomic E-state index is 5.56. The quantitative estimate of drug-likeness (QED) is 0.621. The molecule has 1 N–H and O–H groups in total. The summed E-state index contributed by atoms with van der Waals surface area (Å²) in [5, 5.41) is 3.43. The Bertz CT molecular complexity index is 165. The Morgan fingerprint density at radius 1 is 1.27 bits per heavy atom. The second-order valence-corrected chi connectivity index (χ2v) is 4.71. The minimum absolute atomic E-state index is 0.470. The van der Waals surface area contributed by atoms with Gasteiger partial charge in [-0.1, -0.05) is 0 Å². The van der Waals surface area contributed by atoms with E-state index >= 15 is 0 Å². The zero-order chi connectivity index (χ0) is 10.3. The molecule has 3 heteroatoms. The summed E-state index contributed by atoms with van der Waals surface area (Å²) in [5.74, 6) is 0.893. The fourth-order valence-corrected chi connectivity index (χ4v) is 1.90. The van der Waals surface area contributed by atoms with Crippen LogP contribution in [-0.2, 0) is 9.47 Å². The molecule has 0 radical (unpaired) electrons. The van der Waals surface area contributed by atoms with E-state index in [1.807, 2.05) is 0 Å². The molecular formula is C12H23NO2. The first-order valence-electron chi connectivity index (χ1n) is 6.35. The van der Waals surface area contributed by atoms with E-state index < -0.39 is 0 Å². The van der Waals surface area contributed by atoms with E-state index in [0.717, 1.165) is 45.2 Å². The summed E-state index contributed by atoms with van der Waals surface area (Å²) < 4.78 is 11.1. The third-order valence-electron chi connectivity index (χ3n) is 3.09. The van der Waals surface area contributed by atoms with E-state index in [-0.39, 0.29) is 0 Å². The molecule has 1 heterocycles. The standard InChI is InChI=1S/C12H23NO2/c1-3-12(15-8-1)9-13-6-2-7-14-10-11-4-5-11/h11-13H,1-10H2. The van der Waals surface area contributed by atoms with Crippen LogP contribution in [0.4, 0.5) is 0 Å². The first kappa shape index (κ1) is 11.4. The zero-order valence-electron chi connectivity index (χ0n) is 9.54. The monoisotopic (exact) mass is 213 g/mol. The van der Waals surface area contributed by atoms with Crippen LogP contribution in [0.15, 0.2) is 0 Å². The summed E-state index contributed by atoms with van der Waals surface area (Å²) in [5.41, 5.74) is 0. The maximum Gasteiger partial charge on any atom is 0.0700 e. The lowest BCUT2D eigenvalue weighted by Crippen LogP contribution is -2.27. The van der Waals surface area contributed by atoms with Crippen LogP contribution in [0.2, 0.25) is 0 Å². The van der Waals surface area contributed by atoms with E-state index in [1.54, 1.807) is 0 Å². The molecule has 0 aromatic heterocycles. The highest BCUT2D eigenvalue weighted by molar-refractivity contribution is 4.72. The molecular weight excluding hydrogens is 190 g/mol. The van der Waals surface area contributed by atoms with E-state index in [1.165, 1.54) is 25.7 Å². The molecule has 2 fully saturated rings. The molecule has 2 aliphatic rings. The highest BCUT2D eigenvalue weighted by atomic mass is 16.5. The number of rotatable bonds is 8. The smallest absolute Gasteiger partial charge is 0.0700 e. The topological polar surface area (TPSA) is 30.5 Å². The van der Waals surface area contributed by atoms with Gasteiger partial charge >= 0.3 is 0 Å². The summed E-state index contributed by atoms with van der Waals surface area (Å²) in [7, 11) is 0. The minimum Gasteiger partial charge on any atom is -0.381 e. The van der Waals surface area contributed by atoms with Crippen molar-refractivity contribution < 1.29 is 9.47 Å². The Balaban J connectivity index is 1.32. The van der Waals surface area contributed by atoms with Gasteiger partial charge in [-0.25, -0.2) is 0 Å². The second kappa shape index (κ2) is 6.46. The van der Waals surface area contributed by atoms with Crippen molar-refractivity contribution in [3.8, 4) is 0 Å². The van der Waals surface area contributed by atoms with E-state index in [9.17, 15) is 0 Å². The SMILES string of the molecule is C(CNCC1CCCO1)COCC1CC1. The van der Waals surface area contributed by atoms with Gasteiger partial charge in [0.25, 0.3) is 0 Å². The molecule has 1 unspecified atom stereocenters. The average Bonchev–Trinajstić information content (AvgIpc) is 2.92. The molecule has 0 spiro atoms. The van der Waals surface area contributed by atoms with Crippen molar-refractivity contribution >= 4 is 0 Å². The Labute approximate surface area is 92.5 Å². The average molecular weight is 213 g/mol. The number of hydrogen-bond donors (Lipinski definition) is 1. The van der Waals surface area contributed by atoms with Crippen LogP contribution in [0, 0.1) is 5.92 Å². The highest BCUT2D eigenvalue weighted by Gasteiger charge is 2.20. The molecule has 3 nitrogen and oxygen atoms in total. The number of ether oxygens (including phenoxy) is 2. The van der Waals surface area contributed by atoms with Gasteiger partial charge in [0.2, 0.25) is 0 Å². The van der Waals surface area contributed by atoms with Gasteiger partial charge in [0.1, 0.15) is 0 Å². The van der Waals surface area contributed by atoms with Crippen LogP contribution in [0.1, 0.15) is 32.1 Å². The van der Waals surface area contributed by atoms with Crippen molar-refractivity contribution in [2.75, 3.05) is 32.9 Å². The van der Waals surface area contributed by atoms with Crippen LogP contribution in [0.25, 0.3) is 0 Å². The van der Waals surface area contributed by atoms with Crippen LogP contribution in [-0.4, -0.2) is 39.0 Å². The maximum atomic E-state index is 5.56. The Morgan fingerprint density at radius 3 is 2.93 bits per heavy atom. The first-order valence-corrected chi connectivity index (χ1v) is 6.35. The molecule has 0 aromatic carbocycles. The summed E-state index contributed by atoms with van der Waals surface area (Å²) in [6.45, 7) is 4.94. The Kier molecular flexibility index (Phi) is 4.90. The predicted molar refractivity (Wildman–Crippen MR) is 60.0 cm³/mol. The molecule has 15 heavy (non-hydrogen) atoms. The van der Waals surface area contributed by atoms with Gasteiger partial charge in [-0.15, -0.1) is 0 Å². The second-order valence-electron chi connectivity index (χ2n) is 4.71. The van der Waals surface area contributed by atoms with Crippen LogP contribution >= 0.6 is 0 Å². The van der Waals surface area contributed by atoms with E-state index in [2.05, 4.69) is 5.32 Å². The van der Waals surface area contributed by atoms with Gasteiger partial charge in [-0.2, -0.15) is 0 Å². The van der Waals surface area contributed by atoms with Crippen LogP contribution < -0.4 is 5.32 Å². The predicted octanol–water partition coefficient (Wildman–Crippen LogP) is 1.57. The lowest BCUT2D eigenvalue weighted by molar-refractivity contribution is 0.105. The van der Waals surface area contributed by atoms with Crippen molar-refractivity contribution in [3.05, 3.63) is 0 Å². The third-order valence-corrected chi connectivity index (χ3v) is 3.09. The van der Waals surface area contributed by atoms with Gasteiger partial charge in [0, 0.05) is 26.4 Å². The molecule has 88 valence electrons. The summed E-state index contributed by atoms with van der Waals surface area (Å²) in [4.78, 5) is 0. The summed E-state index contributed by atoms with van der Waals surface area (Å²) in [6.07, 6.45) is 6.83. The summed E-state index contributed by atoms with van der Waals surface area (Å²) in [6, 6.07) is 0. The van der Waals surface area contributed by atoms with Crippen molar-refractivity contribution in [1.82, 2.24) is 5.32 Å². The molecule has 0 bridgehead atoms. The molecule has 1 aliphatic heterocycles. The fourth-order valence-electron chi connectivity index (χ4n) is 1.90. The van der Waals surface area contributed by atoms with Gasteiger partial charge < -0.3 is 14.8 Å². The summed E-state index contributed by atoms with van der Waals surface area (Å²) >= 11 is 0. The van der Waals surface area contributed by atoms with Crippen LogP contribution in [0.3, 0.4) is 0 Å². The number of hydrogen-bond acceptors (Lipinski definition) is 3. The minimum atomic E-state index is 0.470. The third kappa shape index (κ3) is 4.96. The molecule has 1 aliphatic carbocycles. The largest absolute Gasteiger partial charge is 0.381 e. The Morgan fingerprint density at radius 2 is 2.20 bits per heavy atom. The van der Waals surface area contributed by atoms with Gasteiger partial charge in [0.15, 0.2) is 0 Å². The highest BCUT2D eigenvalue weighted by Crippen LogP contribution is 2.28. The van der Waals surface area contributed by atoms with Gasteiger partial charge in [0.05, 0.1) is 6.10 Å². The fraction of sp³-hybridized carbons (Fsp3) is 1.00. The van der Waals surface area contributed by atoms with Gasteiger partial charge in [-0.3, -0.25) is 0 Å². The van der Waals surface area contributed by atoms with Gasteiger partial charge in [-0.05, 0) is 44.6 Å². The number of nitrogens with one attached hydrogen (secondary N) is 1. The Hall–Kier alpha value is -0.120. The molecule has 0 aromatic rings. The van der Waals surface area contributed by atoms with E-state index in [0.29, 0.717) is 6.10 Å². The first-order chi connectivity index (χ1) is 7.45.